The van der Waals surface area contributed by atoms with Gasteiger partial charge in [-0.15, -0.1) is 0 Å². The van der Waals surface area contributed by atoms with Crippen LogP contribution in [0, 0.1) is 17.2 Å². The minimum Gasteiger partial charge on any atom is -0.377 e. The standard InChI is InChI=1S/C22H35FN2OS/c1-17-12-20(14-22(2,3)13-17)26-16-21(27)15-24-8-10-25(11-9-24)19-6-4-18(23)5-7-19/h4-7,17,20-21,27H,8-16H2,1-3H3/p+1/t17-,20+,21+/m0/s1. The number of rotatable bonds is 6. The maximum atomic E-state index is 13.1. The first-order valence-corrected chi connectivity index (χ1v) is 11.0. The molecule has 0 bridgehead atoms. The number of piperazine rings is 1. The van der Waals surface area contributed by atoms with Gasteiger partial charge in [-0.3, -0.25) is 0 Å². The highest BCUT2D eigenvalue weighted by Gasteiger charge is 2.33. The normalized spacial score (nSPS) is 27.5. The van der Waals surface area contributed by atoms with Crippen LogP contribution in [-0.2, 0) is 4.74 Å². The molecule has 1 aliphatic heterocycles. The van der Waals surface area contributed by atoms with Crippen molar-refractivity contribution in [2.45, 2.75) is 51.4 Å². The highest BCUT2D eigenvalue weighted by Crippen LogP contribution is 2.39. The zero-order chi connectivity index (χ0) is 19.4. The summed E-state index contributed by atoms with van der Waals surface area (Å²) in [6, 6.07) is 6.84. The number of hydrogen-bond acceptors (Lipinski definition) is 3. The third-order valence-electron chi connectivity index (χ3n) is 6.06. The van der Waals surface area contributed by atoms with E-state index < -0.39 is 0 Å². The molecule has 0 spiro atoms. The Balaban J connectivity index is 1.38. The smallest absolute Gasteiger partial charge is 0.123 e. The average molecular weight is 396 g/mol. The first kappa shape index (κ1) is 20.9. The summed E-state index contributed by atoms with van der Waals surface area (Å²) in [6.07, 6.45) is 4.05. The van der Waals surface area contributed by atoms with Crippen LogP contribution in [0.1, 0.15) is 40.0 Å². The van der Waals surface area contributed by atoms with Crippen LogP contribution in [0.3, 0.4) is 0 Å². The average Bonchev–Trinajstić information content (AvgIpc) is 2.60. The van der Waals surface area contributed by atoms with Crippen LogP contribution in [0.15, 0.2) is 24.3 Å². The Kier molecular flexibility index (Phi) is 7.09. The van der Waals surface area contributed by atoms with Crippen molar-refractivity contribution in [2.75, 3.05) is 44.2 Å². The highest BCUT2D eigenvalue weighted by molar-refractivity contribution is 7.81. The summed E-state index contributed by atoms with van der Waals surface area (Å²) in [7, 11) is 0. The second-order valence-electron chi connectivity index (χ2n) is 9.44. The summed E-state index contributed by atoms with van der Waals surface area (Å²) in [5.74, 6) is 0.582. The number of nitrogens with one attached hydrogen (secondary N) is 1. The predicted octanol–water partition coefficient (Wildman–Crippen LogP) is 3.06. The highest BCUT2D eigenvalue weighted by atomic mass is 32.1. The van der Waals surface area contributed by atoms with Gasteiger partial charge in [-0.25, -0.2) is 4.39 Å². The fourth-order valence-electron chi connectivity index (χ4n) is 4.96. The summed E-state index contributed by atoms with van der Waals surface area (Å²) in [5, 5.41) is 0.290. The number of anilines is 1. The third-order valence-corrected chi connectivity index (χ3v) is 6.39. The number of nitrogens with zero attached hydrogens (tertiary/aromatic N) is 1. The van der Waals surface area contributed by atoms with Crippen LogP contribution in [0.25, 0.3) is 0 Å². The van der Waals surface area contributed by atoms with Gasteiger partial charge in [0.05, 0.1) is 50.7 Å². The van der Waals surface area contributed by atoms with Gasteiger partial charge in [-0.1, -0.05) is 20.8 Å². The topological polar surface area (TPSA) is 16.9 Å². The largest absolute Gasteiger partial charge is 0.377 e. The van der Waals surface area contributed by atoms with Crippen molar-refractivity contribution in [3.63, 3.8) is 0 Å². The molecule has 1 heterocycles. The Labute approximate surface area is 169 Å². The summed E-state index contributed by atoms with van der Waals surface area (Å²) in [5.41, 5.74) is 1.52. The summed E-state index contributed by atoms with van der Waals surface area (Å²) in [6.45, 7) is 13.1. The third kappa shape index (κ3) is 6.37. The van der Waals surface area contributed by atoms with Gasteiger partial charge in [0.2, 0.25) is 0 Å². The maximum absolute atomic E-state index is 13.1. The molecule has 0 amide bonds. The van der Waals surface area contributed by atoms with E-state index in [1.165, 1.54) is 19.3 Å². The van der Waals surface area contributed by atoms with Gasteiger partial charge in [-0.2, -0.15) is 12.6 Å². The Morgan fingerprint density at radius 3 is 2.52 bits per heavy atom. The van der Waals surface area contributed by atoms with Crippen molar-refractivity contribution in [1.82, 2.24) is 0 Å². The lowest BCUT2D eigenvalue weighted by Gasteiger charge is -2.39. The first-order chi connectivity index (χ1) is 12.8. The second-order valence-corrected chi connectivity index (χ2v) is 10.2. The monoisotopic (exact) mass is 395 g/mol. The quantitative estimate of drug-likeness (QED) is 0.721. The number of quaternary nitrogens is 1. The molecule has 2 fully saturated rings. The van der Waals surface area contributed by atoms with Crippen molar-refractivity contribution < 1.29 is 14.0 Å². The first-order valence-electron chi connectivity index (χ1n) is 10.4. The molecule has 1 aromatic rings. The molecule has 1 aromatic carbocycles. The van der Waals surface area contributed by atoms with Gasteiger partial charge in [-0.05, 0) is 54.9 Å². The van der Waals surface area contributed by atoms with Gasteiger partial charge >= 0.3 is 0 Å². The van der Waals surface area contributed by atoms with E-state index in [1.54, 1.807) is 17.0 Å². The minimum absolute atomic E-state index is 0.170. The molecular weight excluding hydrogens is 359 g/mol. The number of thiol groups is 1. The fraction of sp³-hybridized carbons (Fsp3) is 0.727. The minimum atomic E-state index is -0.170. The number of ether oxygens (including phenoxy) is 1. The van der Waals surface area contributed by atoms with Crippen molar-refractivity contribution in [3.05, 3.63) is 30.1 Å². The molecule has 1 saturated carbocycles. The molecule has 0 radical (unpaired) electrons. The molecular formula is C22H36FN2OS+. The van der Waals surface area contributed by atoms with E-state index in [-0.39, 0.29) is 11.1 Å². The summed E-state index contributed by atoms with van der Waals surface area (Å²) in [4.78, 5) is 3.94. The summed E-state index contributed by atoms with van der Waals surface area (Å²) < 4.78 is 19.3. The Morgan fingerprint density at radius 2 is 1.89 bits per heavy atom. The molecule has 3 rings (SSSR count). The van der Waals surface area contributed by atoms with Crippen molar-refractivity contribution in [2.24, 2.45) is 11.3 Å². The Hall–Kier alpha value is -0.780. The van der Waals surface area contributed by atoms with Crippen molar-refractivity contribution in [3.8, 4) is 0 Å². The van der Waals surface area contributed by atoms with E-state index in [0.717, 1.165) is 50.9 Å². The van der Waals surface area contributed by atoms with Crippen LogP contribution in [-0.4, -0.2) is 50.7 Å². The number of benzene rings is 1. The van der Waals surface area contributed by atoms with Gasteiger partial charge in [0.1, 0.15) is 5.82 Å². The second kappa shape index (κ2) is 9.15. The Bertz CT molecular complexity index is 586. The van der Waals surface area contributed by atoms with Crippen LogP contribution >= 0.6 is 12.6 Å². The molecule has 1 saturated heterocycles. The fourth-order valence-corrected chi connectivity index (χ4v) is 5.31. The molecule has 3 nitrogen and oxygen atoms in total. The number of hydrogen-bond donors (Lipinski definition) is 2. The van der Waals surface area contributed by atoms with E-state index in [1.807, 2.05) is 12.1 Å². The van der Waals surface area contributed by atoms with Crippen LogP contribution in [0.5, 0.6) is 0 Å². The Morgan fingerprint density at radius 1 is 1.22 bits per heavy atom. The van der Waals surface area contributed by atoms with E-state index in [9.17, 15) is 4.39 Å². The molecule has 3 atom stereocenters. The molecule has 1 N–H and O–H groups in total. The van der Waals surface area contributed by atoms with Crippen LogP contribution < -0.4 is 9.80 Å². The molecule has 2 aliphatic rings. The summed E-state index contributed by atoms with van der Waals surface area (Å²) >= 11 is 4.81. The van der Waals surface area contributed by atoms with Crippen molar-refractivity contribution in [1.29, 1.82) is 0 Å². The van der Waals surface area contributed by atoms with Gasteiger partial charge in [0.25, 0.3) is 0 Å². The van der Waals surface area contributed by atoms with Crippen molar-refractivity contribution >= 4 is 18.3 Å². The van der Waals surface area contributed by atoms with E-state index >= 15 is 0 Å². The lowest BCUT2D eigenvalue weighted by atomic mass is 9.71. The van der Waals surface area contributed by atoms with E-state index in [2.05, 4.69) is 25.7 Å². The number of halogens is 1. The SMILES string of the molecule is C[C@H]1C[C@@H](OC[C@H](S)C[NH+]2CCN(c3ccc(F)cc3)CC2)CC(C)(C)C1. The lowest BCUT2D eigenvalue weighted by Crippen LogP contribution is -3.15. The van der Waals surface area contributed by atoms with E-state index in [0.29, 0.717) is 11.5 Å². The molecule has 27 heavy (non-hydrogen) atoms. The van der Waals surface area contributed by atoms with Crippen LogP contribution in [0.2, 0.25) is 0 Å². The molecule has 152 valence electrons. The zero-order valence-electron chi connectivity index (χ0n) is 17.1. The molecule has 0 aromatic heterocycles. The van der Waals surface area contributed by atoms with E-state index in [4.69, 9.17) is 17.4 Å². The van der Waals surface area contributed by atoms with Gasteiger partial charge < -0.3 is 14.5 Å². The molecule has 0 unspecified atom stereocenters. The van der Waals surface area contributed by atoms with Gasteiger partial charge in [0.15, 0.2) is 0 Å². The van der Waals surface area contributed by atoms with Crippen LogP contribution in [0.4, 0.5) is 10.1 Å². The molecule has 5 heteroatoms. The lowest BCUT2D eigenvalue weighted by molar-refractivity contribution is -0.900. The zero-order valence-corrected chi connectivity index (χ0v) is 18.0. The predicted molar refractivity (Wildman–Crippen MR) is 113 cm³/mol. The maximum Gasteiger partial charge on any atom is 0.123 e. The molecule has 1 aliphatic carbocycles. The van der Waals surface area contributed by atoms with Gasteiger partial charge in [0, 0.05) is 5.69 Å².